The first-order valence-electron chi connectivity index (χ1n) is 7.22. The van der Waals surface area contributed by atoms with Crippen LogP contribution in [0.1, 0.15) is 17.5 Å². The quantitative estimate of drug-likeness (QED) is 0.809. The first-order chi connectivity index (χ1) is 11.4. The fraction of sp³-hybridized carbons (Fsp3) is 0.176. The van der Waals surface area contributed by atoms with E-state index < -0.39 is 0 Å². The van der Waals surface area contributed by atoms with Gasteiger partial charge in [0.15, 0.2) is 17.0 Å². The molecular formula is C17H15BrN2O4. The Morgan fingerprint density at radius 3 is 2.83 bits per heavy atom. The van der Waals surface area contributed by atoms with Crippen LogP contribution < -0.4 is 15.0 Å². The lowest BCUT2D eigenvalue weighted by atomic mass is 10.2. The highest BCUT2D eigenvalue weighted by atomic mass is 79.9. The molecule has 0 spiro atoms. The van der Waals surface area contributed by atoms with Crippen LogP contribution in [0.3, 0.4) is 0 Å². The molecule has 1 aromatic heterocycles. The standard InChI is InChI=1S/C17H15BrN2O4/c1-10(2)8-20-12-7-11(3-4-13(12)23-9-16(20)21)19-17(22)14-5-6-15(18)24-14/h3-7H,1,8-9H2,2H3,(H,19,22). The lowest BCUT2D eigenvalue weighted by Gasteiger charge is -2.30. The Morgan fingerprint density at radius 2 is 2.17 bits per heavy atom. The molecule has 0 fully saturated rings. The van der Waals surface area contributed by atoms with Gasteiger partial charge in [0.25, 0.3) is 11.8 Å². The molecule has 0 unspecified atom stereocenters. The third kappa shape index (κ3) is 3.35. The number of hydrogen-bond acceptors (Lipinski definition) is 4. The average molecular weight is 391 g/mol. The number of benzene rings is 1. The number of furan rings is 1. The molecule has 0 radical (unpaired) electrons. The van der Waals surface area contributed by atoms with Gasteiger partial charge >= 0.3 is 0 Å². The topological polar surface area (TPSA) is 71.8 Å². The molecule has 6 nitrogen and oxygen atoms in total. The summed E-state index contributed by atoms with van der Waals surface area (Å²) in [5.41, 5.74) is 2.00. The van der Waals surface area contributed by atoms with Crippen LogP contribution in [0.15, 0.2) is 51.6 Å². The van der Waals surface area contributed by atoms with E-state index in [1.165, 1.54) is 0 Å². The van der Waals surface area contributed by atoms with Gasteiger partial charge in [-0.25, -0.2) is 0 Å². The summed E-state index contributed by atoms with van der Waals surface area (Å²) < 4.78 is 11.1. The summed E-state index contributed by atoms with van der Waals surface area (Å²) in [6.07, 6.45) is 0. The van der Waals surface area contributed by atoms with Crippen LogP contribution in [0.2, 0.25) is 0 Å². The predicted octanol–water partition coefficient (Wildman–Crippen LogP) is 3.60. The maximum atomic E-state index is 12.2. The number of anilines is 2. The second kappa shape index (κ2) is 6.52. The zero-order valence-electron chi connectivity index (χ0n) is 13.0. The number of fused-ring (bicyclic) bond motifs is 1. The monoisotopic (exact) mass is 390 g/mol. The predicted molar refractivity (Wildman–Crippen MR) is 93.5 cm³/mol. The van der Waals surface area contributed by atoms with Gasteiger partial charge in [-0.1, -0.05) is 12.2 Å². The van der Waals surface area contributed by atoms with Crippen molar-refractivity contribution in [1.29, 1.82) is 0 Å². The Morgan fingerprint density at radius 1 is 1.38 bits per heavy atom. The second-order valence-corrected chi connectivity index (χ2v) is 6.25. The molecule has 0 atom stereocenters. The van der Waals surface area contributed by atoms with Crippen molar-refractivity contribution in [2.24, 2.45) is 0 Å². The summed E-state index contributed by atoms with van der Waals surface area (Å²) in [6, 6.07) is 8.34. The second-order valence-electron chi connectivity index (χ2n) is 5.47. The first kappa shape index (κ1) is 16.3. The fourth-order valence-corrected chi connectivity index (χ4v) is 2.66. The van der Waals surface area contributed by atoms with Gasteiger partial charge in [0.05, 0.1) is 5.69 Å². The summed E-state index contributed by atoms with van der Waals surface area (Å²) in [5.74, 6) is 0.249. The van der Waals surface area contributed by atoms with Crippen molar-refractivity contribution >= 4 is 39.1 Å². The van der Waals surface area contributed by atoms with Crippen LogP contribution in [-0.2, 0) is 4.79 Å². The molecule has 2 heterocycles. The minimum absolute atomic E-state index is 0.00753. The smallest absolute Gasteiger partial charge is 0.291 e. The van der Waals surface area contributed by atoms with E-state index in [0.717, 1.165) is 5.57 Å². The SMILES string of the molecule is C=C(C)CN1C(=O)COc2ccc(NC(=O)c3ccc(Br)o3)cc21. The zero-order chi connectivity index (χ0) is 17.3. The molecule has 24 heavy (non-hydrogen) atoms. The molecule has 1 aliphatic heterocycles. The Bertz CT molecular complexity index is 828. The molecule has 2 amide bonds. The largest absolute Gasteiger partial charge is 0.482 e. The van der Waals surface area contributed by atoms with Gasteiger partial charge in [-0.3, -0.25) is 9.59 Å². The Hall–Kier alpha value is -2.54. The molecular weight excluding hydrogens is 376 g/mol. The molecule has 1 N–H and O–H groups in total. The Kier molecular flexibility index (Phi) is 4.44. The van der Waals surface area contributed by atoms with E-state index in [2.05, 4.69) is 27.8 Å². The summed E-state index contributed by atoms with van der Waals surface area (Å²) in [6.45, 7) is 6.09. The van der Waals surface area contributed by atoms with Gasteiger partial charge in [0.2, 0.25) is 0 Å². The van der Waals surface area contributed by atoms with Crippen LogP contribution in [0.4, 0.5) is 11.4 Å². The third-order valence-electron chi connectivity index (χ3n) is 3.38. The normalized spacial score (nSPS) is 13.2. The summed E-state index contributed by atoms with van der Waals surface area (Å²) in [4.78, 5) is 25.9. The molecule has 124 valence electrons. The van der Waals surface area contributed by atoms with Gasteiger partial charge in [-0.2, -0.15) is 0 Å². The van der Waals surface area contributed by atoms with Crippen LogP contribution in [0.5, 0.6) is 5.75 Å². The molecule has 0 bridgehead atoms. The van der Waals surface area contributed by atoms with Crippen molar-refractivity contribution in [3.63, 3.8) is 0 Å². The van der Waals surface area contributed by atoms with Crippen molar-refractivity contribution < 1.29 is 18.7 Å². The lowest BCUT2D eigenvalue weighted by Crippen LogP contribution is -2.39. The molecule has 3 rings (SSSR count). The van der Waals surface area contributed by atoms with E-state index in [1.54, 1.807) is 35.2 Å². The van der Waals surface area contributed by atoms with Crippen LogP contribution in [0.25, 0.3) is 0 Å². The number of carbonyl (C=O) groups is 2. The molecule has 0 aliphatic carbocycles. The molecule has 2 aromatic rings. The molecule has 0 saturated heterocycles. The van der Waals surface area contributed by atoms with Crippen molar-refractivity contribution in [3.8, 4) is 5.75 Å². The highest BCUT2D eigenvalue weighted by molar-refractivity contribution is 9.10. The minimum atomic E-state index is -0.379. The van der Waals surface area contributed by atoms with E-state index in [-0.39, 0.29) is 24.2 Å². The van der Waals surface area contributed by atoms with E-state index >= 15 is 0 Å². The Balaban J connectivity index is 1.86. The van der Waals surface area contributed by atoms with E-state index in [0.29, 0.717) is 28.3 Å². The molecule has 0 saturated carbocycles. The average Bonchev–Trinajstić information content (AvgIpc) is 2.97. The fourth-order valence-electron chi connectivity index (χ4n) is 2.35. The first-order valence-corrected chi connectivity index (χ1v) is 8.01. The number of rotatable bonds is 4. The van der Waals surface area contributed by atoms with Crippen molar-refractivity contribution in [2.75, 3.05) is 23.4 Å². The van der Waals surface area contributed by atoms with Crippen molar-refractivity contribution in [2.45, 2.75) is 6.92 Å². The lowest BCUT2D eigenvalue weighted by molar-refractivity contribution is -0.121. The van der Waals surface area contributed by atoms with Crippen molar-refractivity contribution in [1.82, 2.24) is 0 Å². The van der Waals surface area contributed by atoms with Gasteiger partial charge in [-0.05, 0) is 53.2 Å². The maximum Gasteiger partial charge on any atom is 0.291 e. The molecule has 1 aliphatic rings. The summed E-state index contributed by atoms with van der Waals surface area (Å²) in [5, 5.41) is 2.74. The van der Waals surface area contributed by atoms with Gasteiger partial charge < -0.3 is 19.4 Å². The zero-order valence-corrected chi connectivity index (χ0v) is 14.6. The number of halogens is 1. The maximum absolute atomic E-state index is 12.2. The minimum Gasteiger partial charge on any atom is -0.482 e. The van der Waals surface area contributed by atoms with Crippen molar-refractivity contribution in [3.05, 3.63) is 52.9 Å². The molecule has 7 heteroatoms. The number of ether oxygens (including phenoxy) is 1. The van der Waals surface area contributed by atoms with Gasteiger partial charge in [0.1, 0.15) is 5.75 Å². The van der Waals surface area contributed by atoms with Crippen LogP contribution in [0, 0.1) is 0 Å². The number of amides is 2. The number of nitrogens with one attached hydrogen (secondary N) is 1. The Labute approximate surface area is 147 Å². The van der Waals surface area contributed by atoms with Crippen LogP contribution in [-0.4, -0.2) is 25.0 Å². The van der Waals surface area contributed by atoms with Gasteiger partial charge in [0, 0.05) is 12.2 Å². The molecule has 1 aromatic carbocycles. The number of hydrogen-bond donors (Lipinski definition) is 1. The van der Waals surface area contributed by atoms with E-state index in [4.69, 9.17) is 9.15 Å². The highest BCUT2D eigenvalue weighted by Crippen LogP contribution is 2.35. The van der Waals surface area contributed by atoms with E-state index in [1.807, 2.05) is 6.92 Å². The number of carbonyl (C=O) groups excluding carboxylic acids is 2. The number of nitrogens with zero attached hydrogens (tertiary/aromatic N) is 1. The highest BCUT2D eigenvalue weighted by Gasteiger charge is 2.26. The van der Waals surface area contributed by atoms with Gasteiger partial charge in [-0.15, -0.1) is 0 Å². The van der Waals surface area contributed by atoms with E-state index in [9.17, 15) is 9.59 Å². The summed E-state index contributed by atoms with van der Waals surface area (Å²) in [7, 11) is 0. The van der Waals surface area contributed by atoms with Crippen LogP contribution >= 0.6 is 15.9 Å². The summed E-state index contributed by atoms with van der Waals surface area (Å²) >= 11 is 3.16. The third-order valence-corrected chi connectivity index (χ3v) is 3.81.